The second kappa shape index (κ2) is 7.04. The van der Waals surface area contributed by atoms with Crippen LogP contribution in [0.2, 0.25) is 0 Å². The number of aromatic nitrogens is 2. The van der Waals surface area contributed by atoms with Crippen molar-refractivity contribution < 1.29 is 0 Å². The zero-order valence-electron chi connectivity index (χ0n) is 12.4. The van der Waals surface area contributed by atoms with Crippen LogP contribution in [0.3, 0.4) is 0 Å². The van der Waals surface area contributed by atoms with Crippen LogP contribution in [0.4, 0.5) is 0 Å². The van der Waals surface area contributed by atoms with Crippen LogP contribution < -0.4 is 5.32 Å². The summed E-state index contributed by atoms with van der Waals surface area (Å²) < 4.78 is 3.16. The molecular weight excluding hydrogens is 314 g/mol. The fourth-order valence-electron chi connectivity index (χ4n) is 2.38. The average Bonchev–Trinajstić information content (AvgIpc) is 2.79. The molecule has 1 heterocycles. The van der Waals surface area contributed by atoms with Crippen LogP contribution in [0.5, 0.6) is 0 Å². The van der Waals surface area contributed by atoms with Gasteiger partial charge in [0.25, 0.3) is 0 Å². The molecule has 1 aromatic heterocycles. The quantitative estimate of drug-likeness (QED) is 0.862. The molecule has 0 radical (unpaired) electrons. The maximum absolute atomic E-state index is 4.48. The molecule has 108 valence electrons. The van der Waals surface area contributed by atoms with E-state index in [4.69, 9.17) is 0 Å². The lowest BCUT2D eigenvalue weighted by Crippen LogP contribution is -2.25. The van der Waals surface area contributed by atoms with Crippen molar-refractivity contribution in [3.63, 3.8) is 0 Å². The van der Waals surface area contributed by atoms with E-state index in [9.17, 15) is 0 Å². The molecule has 1 atom stereocenters. The molecule has 0 bridgehead atoms. The van der Waals surface area contributed by atoms with Gasteiger partial charge in [0.15, 0.2) is 0 Å². The summed E-state index contributed by atoms with van der Waals surface area (Å²) in [5, 5.41) is 8.05. The van der Waals surface area contributed by atoms with Crippen molar-refractivity contribution in [3.05, 3.63) is 51.8 Å². The highest BCUT2D eigenvalue weighted by Gasteiger charge is 2.20. The minimum Gasteiger partial charge on any atom is -0.305 e. The van der Waals surface area contributed by atoms with Gasteiger partial charge in [-0.15, -0.1) is 0 Å². The predicted octanol–water partition coefficient (Wildman–Crippen LogP) is 4.06. The van der Waals surface area contributed by atoms with Gasteiger partial charge >= 0.3 is 0 Å². The van der Waals surface area contributed by atoms with Crippen LogP contribution >= 0.6 is 15.9 Å². The minimum absolute atomic E-state index is 0.170. The van der Waals surface area contributed by atoms with Gasteiger partial charge in [-0.3, -0.25) is 4.68 Å². The Hall–Kier alpha value is -1.13. The van der Waals surface area contributed by atoms with Crippen molar-refractivity contribution in [2.24, 2.45) is 0 Å². The van der Waals surface area contributed by atoms with E-state index in [-0.39, 0.29) is 6.04 Å². The number of halogens is 1. The number of aryl methyl sites for hydroxylation is 2. The highest BCUT2D eigenvalue weighted by molar-refractivity contribution is 9.10. The summed E-state index contributed by atoms with van der Waals surface area (Å²) in [6.45, 7) is 8.28. The molecule has 3 nitrogen and oxygen atoms in total. The van der Waals surface area contributed by atoms with E-state index in [2.05, 4.69) is 76.1 Å². The van der Waals surface area contributed by atoms with Crippen LogP contribution in [0.1, 0.15) is 43.1 Å². The molecule has 0 fully saturated rings. The summed E-state index contributed by atoms with van der Waals surface area (Å²) in [4.78, 5) is 0. The van der Waals surface area contributed by atoms with Gasteiger partial charge in [-0.25, -0.2) is 0 Å². The summed E-state index contributed by atoms with van der Waals surface area (Å²) >= 11 is 3.65. The monoisotopic (exact) mass is 335 g/mol. The summed E-state index contributed by atoms with van der Waals surface area (Å²) in [6.07, 6.45) is 2.97. The van der Waals surface area contributed by atoms with Crippen molar-refractivity contribution in [2.45, 2.75) is 39.8 Å². The molecule has 0 aliphatic carbocycles. The van der Waals surface area contributed by atoms with Gasteiger partial charge in [0, 0.05) is 6.54 Å². The maximum Gasteiger partial charge on any atom is 0.0759 e. The molecule has 2 aromatic rings. The van der Waals surface area contributed by atoms with Crippen LogP contribution in [0.25, 0.3) is 0 Å². The van der Waals surface area contributed by atoms with E-state index >= 15 is 0 Å². The van der Waals surface area contributed by atoms with Crippen LogP contribution in [0, 0.1) is 6.92 Å². The van der Waals surface area contributed by atoms with E-state index in [0.717, 1.165) is 24.0 Å². The Morgan fingerprint density at radius 1 is 1.25 bits per heavy atom. The predicted molar refractivity (Wildman–Crippen MR) is 86.9 cm³/mol. The molecule has 0 spiro atoms. The van der Waals surface area contributed by atoms with Gasteiger partial charge in [-0.1, -0.05) is 43.7 Å². The average molecular weight is 336 g/mol. The summed E-state index contributed by atoms with van der Waals surface area (Å²) in [5.41, 5.74) is 3.76. The molecule has 1 N–H and O–H groups in total. The Labute approximate surface area is 129 Å². The molecule has 0 aliphatic heterocycles. The number of hydrogen-bond acceptors (Lipinski definition) is 2. The molecule has 1 unspecified atom stereocenters. The Morgan fingerprint density at radius 2 is 1.95 bits per heavy atom. The lowest BCUT2D eigenvalue weighted by Gasteiger charge is -2.21. The van der Waals surface area contributed by atoms with Gasteiger partial charge in [-0.05, 0) is 41.4 Å². The molecule has 0 saturated carbocycles. The van der Waals surface area contributed by atoms with Crippen molar-refractivity contribution >= 4 is 15.9 Å². The number of hydrogen-bond donors (Lipinski definition) is 1. The second-order valence-corrected chi connectivity index (χ2v) is 5.86. The Morgan fingerprint density at radius 3 is 2.55 bits per heavy atom. The van der Waals surface area contributed by atoms with E-state index in [1.54, 1.807) is 0 Å². The van der Waals surface area contributed by atoms with Crippen molar-refractivity contribution in [3.8, 4) is 0 Å². The lowest BCUT2D eigenvalue weighted by atomic mass is 10.0. The van der Waals surface area contributed by atoms with Crippen molar-refractivity contribution in [1.82, 2.24) is 15.1 Å². The van der Waals surface area contributed by atoms with Crippen LogP contribution in [0.15, 0.2) is 34.9 Å². The topological polar surface area (TPSA) is 29.9 Å². The molecule has 0 amide bonds. The maximum atomic E-state index is 4.48. The number of nitrogens with one attached hydrogen (secondary N) is 1. The normalized spacial score (nSPS) is 12.6. The molecular formula is C16H22BrN3. The second-order valence-electron chi connectivity index (χ2n) is 5.00. The van der Waals surface area contributed by atoms with Gasteiger partial charge in [0.2, 0.25) is 0 Å². The van der Waals surface area contributed by atoms with E-state index < -0.39 is 0 Å². The first-order chi connectivity index (χ1) is 9.67. The zero-order valence-corrected chi connectivity index (χ0v) is 13.9. The van der Waals surface area contributed by atoms with Gasteiger partial charge in [0.05, 0.1) is 22.4 Å². The zero-order chi connectivity index (χ0) is 14.5. The highest BCUT2D eigenvalue weighted by Crippen LogP contribution is 2.29. The molecule has 20 heavy (non-hydrogen) atoms. The molecule has 0 saturated heterocycles. The summed E-state index contributed by atoms with van der Waals surface area (Å²) in [5.74, 6) is 0. The Bertz CT molecular complexity index is 545. The van der Waals surface area contributed by atoms with Gasteiger partial charge < -0.3 is 5.32 Å². The highest BCUT2D eigenvalue weighted by atomic mass is 79.9. The fraction of sp³-hybridized carbons (Fsp3) is 0.438. The Kier molecular flexibility index (Phi) is 5.38. The number of benzene rings is 1. The smallest absolute Gasteiger partial charge is 0.0759 e. The number of rotatable bonds is 6. The fourth-order valence-corrected chi connectivity index (χ4v) is 2.91. The van der Waals surface area contributed by atoms with Gasteiger partial charge in [0.1, 0.15) is 0 Å². The first kappa shape index (κ1) is 15.3. The van der Waals surface area contributed by atoms with E-state index in [1.807, 2.05) is 6.20 Å². The standard InChI is InChI=1S/C16H22BrN3/c1-4-10-20-16(14(17)11-19-20)15(18-5-2)13-8-6-12(3)7-9-13/h6-9,11,15,18H,4-5,10H2,1-3H3. The molecule has 0 aliphatic rings. The summed E-state index contributed by atoms with van der Waals surface area (Å²) in [6, 6.07) is 8.88. The number of nitrogens with zero attached hydrogens (tertiary/aromatic N) is 2. The Balaban J connectivity index is 2.42. The van der Waals surface area contributed by atoms with E-state index in [1.165, 1.54) is 16.8 Å². The molecule has 1 aromatic carbocycles. The van der Waals surface area contributed by atoms with E-state index in [0.29, 0.717) is 0 Å². The SMILES string of the molecule is CCCn1ncc(Br)c1C(NCC)c1ccc(C)cc1. The van der Waals surface area contributed by atoms with Crippen LogP contribution in [-0.4, -0.2) is 16.3 Å². The van der Waals surface area contributed by atoms with Crippen molar-refractivity contribution in [2.75, 3.05) is 6.54 Å². The lowest BCUT2D eigenvalue weighted by molar-refractivity contribution is 0.519. The summed E-state index contributed by atoms with van der Waals surface area (Å²) in [7, 11) is 0. The molecule has 2 rings (SSSR count). The third-order valence-electron chi connectivity index (χ3n) is 3.36. The third-order valence-corrected chi connectivity index (χ3v) is 3.97. The molecule has 4 heteroatoms. The largest absolute Gasteiger partial charge is 0.305 e. The first-order valence-electron chi connectivity index (χ1n) is 7.18. The van der Waals surface area contributed by atoms with Gasteiger partial charge in [-0.2, -0.15) is 5.10 Å². The first-order valence-corrected chi connectivity index (χ1v) is 7.97. The van der Waals surface area contributed by atoms with Crippen molar-refractivity contribution in [1.29, 1.82) is 0 Å². The minimum atomic E-state index is 0.170. The third kappa shape index (κ3) is 3.30. The van der Waals surface area contributed by atoms with Crippen LogP contribution in [-0.2, 0) is 6.54 Å².